The van der Waals surface area contributed by atoms with Crippen LogP contribution in [0, 0.1) is 17.8 Å². The number of carbonyl (C=O) groups excluding carboxylic acids is 1. The van der Waals surface area contributed by atoms with Crippen molar-refractivity contribution >= 4 is 5.97 Å². The number of epoxide rings is 1. The van der Waals surface area contributed by atoms with E-state index in [4.69, 9.17) is 18.9 Å². The normalized spacial score (nSPS) is 42.3. The highest BCUT2D eigenvalue weighted by molar-refractivity contribution is 5.86. The molecule has 5 heteroatoms. The van der Waals surface area contributed by atoms with Gasteiger partial charge in [0.15, 0.2) is 11.4 Å². The quantitative estimate of drug-likeness (QED) is 0.339. The molecule has 0 aromatic heterocycles. The lowest BCUT2D eigenvalue weighted by Crippen LogP contribution is -2.47. The summed E-state index contributed by atoms with van der Waals surface area (Å²) in [5, 5.41) is 0. The van der Waals surface area contributed by atoms with Crippen molar-refractivity contribution in [3.8, 4) is 0 Å². The summed E-state index contributed by atoms with van der Waals surface area (Å²) in [6.45, 7) is 6.06. The van der Waals surface area contributed by atoms with Crippen LogP contribution in [-0.2, 0) is 23.7 Å². The van der Waals surface area contributed by atoms with E-state index >= 15 is 0 Å². The Bertz CT molecular complexity index is 455. The number of rotatable bonds is 4. The molecule has 3 fully saturated rings. The van der Waals surface area contributed by atoms with Gasteiger partial charge >= 0.3 is 5.97 Å². The molecule has 1 heterocycles. The van der Waals surface area contributed by atoms with E-state index in [2.05, 4.69) is 6.58 Å². The van der Waals surface area contributed by atoms with E-state index in [0.29, 0.717) is 5.92 Å². The molecule has 5 nitrogen and oxygen atoms in total. The fourth-order valence-corrected chi connectivity index (χ4v) is 4.40. The van der Waals surface area contributed by atoms with E-state index < -0.39 is 11.4 Å². The minimum atomic E-state index is -0.851. The Balaban J connectivity index is 1.98. The molecule has 20 heavy (non-hydrogen) atoms. The minimum Gasteiger partial charge on any atom is -0.467 e. The molecule has 3 rings (SSSR count). The molecule has 112 valence electrons. The van der Waals surface area contributed by atoms with Gasteiger partial charge in [-0.05, 0) is 31.3 Å². The van der Waals surface area contributed by atoms with Crippen molar-refractivity contribution in [3.63, 3.8) is 0 Å². The Morgan fingerprint density at radius 3 is 2.55 bits per heavy atom. The third-order valence-corrected chi connectivity index (χ3v) is 5.60. The second-order valence-electron chi connectivity index (χ2n) is 6.10. The van der Waals surface area contributed by atoms with Gasteiger partial charge in [0.2, 0.25) is 0 Å². The average Bonchev–Trinajstić information content (AvgIpc) is 2.97. The summed E-state index contributed by atoms with van der Waals surface area (Å²) >= 11 is 0. The predicted octanol–water partition coefficient (Wildman–Crippen LogP) is 1.52. The highest BCUT2D eigenvalue weighted by Crippen LogP contribution is 2.67. The van der Waals surface area contributed by atoms with Gasteiger partial charge in [0, 0.05) is 26.1 Å². The van der Waals surface area contributed by atoms with E-state index in [1.54, 1.807) is 14.2 Å². The summed E-state index contributed by atoms with van der Waals surface area (Å²) in [5.74, 6) is -0.607. The SMILES string of the molecule is C=C1[C@@H]2CC[C@@H](C(C)(OC)OC)[C@@H]2[C@@]2(C(=O)OC)O[C@@H]12. The summed E-state index contributed by atoms with van der Waals surface area (Å²) in [7, 11) is 4.68. The minimum absolute atomic E-state index is 0.0253. The monoisotopic (exact) mass is 282 g/mol. The number of carbonyl (C=O) groups is 1. The van der Waals surface area contributed by atoms with Crippen molar-refractivity contribution in [1.82, 2.24) is 0 Å². The standard InChI is InChI=1S/C15H22O5/c1-8-9-6-7-10(14(2,18-4)19-5)11(9)15(12(8)20-15)13(16)17-3/h9-12H,1,6-7H2,2-5H3/t9-,10+,11+,12-,15+/m0/s1. The summed E-state index contributed by atoms with van der Waals surface area (Å²) in [6, 6.07) is 0. The maximum absolute atomic E-state index is 12.2. The molecule has 2 saturated carbocycles. The van der Waals surface area contributed by atoms with Crippen LogP contribution in [0.25, 0.3) is 0 Å². The molecule has 3 aliphatic rings. The number of esters is 1. The Morgan fingerprint density at radius 1 is 1.35 bits per heavy atom. The van der Waals surface area contributed by atoms with E-state index in [1.165, 1.54) is 7.11 Å². The molecular weight excluding hydrogens is 260 g/mol. The van der Waals surface area contributed by atoms with Crippen LogP contribution < -0.4 is 0 Å². The maximum atomic E-state index is 12.2. The van der Waals surface area contributed by atoms with Crippen molar-refractivity contribution in [2.45, 2.75) is 37.3 Å². The zero-order chi connectivity index (χ0) is 14.7. The molecule has 0 bridgehead atoms. The van der Waals surface area contributed by atoms with Crippen LogP contribution >= 0.6 is 0 Å². The molecule has 0 unspecified atom stereocenters. The van der Waals surface area contributed by atoms with Crippen LogP contribution in [0.5, 0.6) is 0 Å². The van der Waals surface area contributed by atoms with Crippen molar-refractivity contribution in [2.24, 2.45) is 17.8 Å². The molecule has 0 amide bonds. The van der Waals surface area contributed by atoms with Gasteiger partial charge < -0.3 is 18.9 Å². The van der Waals surface area contributed by atoms with E-state index in [9.17, 15) is 4.79 Å². The lowest BCUT2D eigenvalue weighted by Gasteiger charge is -2.38. The lowest BCUT2D eigenvalue weighted by molar-refractivity contribution is -0.238. The van der Waals surface area contributed by atoms with Crippen LogP contribution in [-0.4, -0.2) is 44.8 Å². The van der Waals surface area contributed by atoms with E-state index in [0.717, 1.165) is 18.4 Å². The molecule has 2 aliphatic carbocycles. The Hall–Kier alpha value is -0.910. The number of hydrogen-bond acceptors (Lipinski definition) is 5. The van der Waals surface area contributed by atoms with Crippen LogP contribution in [0.4, 0.5) is 0 Å². The van der Waals surface area contributed by atoms with Crippen molar-refractivity contribution in [2.75, 3.05) is 21.3 Å². The van der Waals surface area contributed by atoms with Gasteiger partial charge in [-0.3, -0.25) is 0 Å². The largest absolute Gasteiger partial charge is 0.467 e. The number of methoxy groups -OCH3 is 3. The fraction of sp³-hybridized carbons (Fsp3) is 0.800. The Labute approximate surface area is 119 Å². The second-order valence-corrected chi connectivity index (χ2v) is 6.10. The van der Waals surface area contributed by atoms with Gasteiger partial charge in [-0.2, -0.15) is 0 Å². The van der Waals surface area contributed by atoms with Crippen molar-refractivity contribution < 1.29 is 23.7 Å². The predicted molar refractivity (Wildman–Crippen MR) is 70.9 cm³/mol. The highest BCUT2D eigenvalue weighted by atomic mass is 16.7. The first kappa shape index (κ1) is 14.0. The van der Waals surface area contributed by atoms with Gasteiger partial charge in [0.1, 0.15) is 6.10 Å². The first-order valence-corrected chi connectivity index (χ1v) is 7.01. The zero-order valence-corrected chi connectivity index (χ0v) is 12.5. The first-order chi connectivity index (χ1) is 9.46. The van der Waals surface area contributed by atoms with Crippen LogP contribution in [0.1, 0.15) is 19.8 Å². The maximum Gasteiger partial charge on any atom is 0.341 e. The van der Waals surface area contributed by atoms with Crippen LogP contribution in [0.2, 0.25) is 0 Å². The van der Waals surface area contributed by atoms with Gasteiger partial charge in [-0.1, -0.05) is 6.58 Å². The van der Waals surface area contributed by atoms with Crippen LogP contribution in [0.15, 0.2) is 12.2 Å². The molecule has 0 aromatic carbocycles. The van der Waals surface area contributed by atoms with Crippen LogP contribution in [0.3, 0.4) is 0 Å². The molecule has 0 spiro atoms. The smallest absolute Gasteiger partial charge is 0.341 e. The molecule has 0 N–H and O–H groups in total. The van der Waals surface area contributed by atoms with Crippen molar-refractivity contribution in [1.29, 1.82) is 0 Å². The number of fused-ring (bicyclic) bond motifs is 3. The highest BCUT2D eigenvalue weighted by Gasteiger charge is 2.79. The summed E-state index contributed by atoms with van der Waals surface area (Å²) in [4.78, 5) is 12.2. The van der Waals surface area contributed by atoms with E-state index in [1.807, 2.05) is 6.92 Å². The van der Waals surface area contributed by atoms with Crippen molar-refractivity contribution in [3.05, 3.63) is 12.2 Å². The molecule has 1 aliphatic heterocycles. The summed E-state index contributed by atoms with van der Waals surface area (Å²) < 4.78 is 21.9. The topological polar surface area (TPSA) is 57.3 Å². The Morgan fingerprint density at radius 2 is 2.00 bits per heavy atom. The second kappa shape index (κ2) is 4.29. The fourth-order valence-electron chi connectivity index (χ4n) is 4.40. The van der Waals surface area contributed by atoms with Gasteiger partial charge in [0.05, 0.1) is 7.11 Å². The Kier molecular flexibility index (Phi) is 3.01. The van der Waals surface area contributed by atoms with E-state index in [-0.39, 0.29) is 23.9 Å². The zero-order valence-electron chi connectivity index (χ0n) is 12.5. The van der Waals surface area contributed by atoms with Gasteiger partial charge in [-0.25, -0.2) is 4.79 Å². The summed E-state index contributed by atoms with van der Waals surface area (Å²) in [6.07, 6.45) is 1.74. The third-order valence-electron chi connectivity index (χ3n) is 5.60. The van der Waals surface area contributed by atoms with Gasteiger partial charge in [-0.15, -0.1) is 0 Å². The molecular formula is C15H22O5. The summed E-state index contributed by atoms with van der Waals surface area (Å²) in [5.41, 5.74) is 0.174. The van der Waals surface area contributed by atoms with Gasteiger partial charge in [0.25, 0.3) is 0 Å². The average molecular weight is 282 g/mol. The lowest BCUT2D eigenvalue weighted by atomic mass is 9.79. The number of ether oxygens (including phenoxy) is 4. The molecule has 5 atom stereocenters. The number of hydrogen-bond donors (Lipinski definition) is 0. The molecule has 0 aromatic rings. The third kappa shape index (κ3) is 1.46. The molecule has 0 radical (unpaired) electrons. The molecule has 1 saturated heterocycles. The first-order valence-electron chi connectivity index (χ1n) is 7.01.